The Balaban J connectivity index is 1.44. The number of rotatable bonds is 6. The maximum absolute atomic E-state index is 11.6. The van der Waals surface area contributed by atoms with Crippen LogP contribution >= 0.6 is 11.3 Å². The molecule has 1 aromatic heterocycles. The summed E-state index contributed by atoms with van der Waals surface area (Å²) in [6.07, 6.45) is 2.95. The van der Waals surface area contributed by atoms with Crippen molar-refractivity contribution in [3.05, 3.63) is 16.1 Å². The van der Waals surface area contributed by atoms with E-state index in [1.165, 1.54) is 5.69 Å². The predicted molar refractivity (Wildman–Crippen MR) is 111 cm³/mol. The van der Waals surface area contributed by atoms with Crippen LogP contribution in [0.4, 0.5) is 0 Å². The summed E-state index contributed by atoms with van der Waals surface area (Å²) in [5.41, 5.74) is 1.18. The number of hydrogen-bond acceptors (Lipinski definition) is 6. The number of nitrogens with zero attached hydrogens (tertiary/aromatic N) is 3. The predicted octanol–water partition coefficient (Wildman–Crippen LogP) is 1.41. The molecule has 3 heterocycles. The second-order valence-electron chi connectivity index (χ2n) is 7.54. The van der Waals surface area contributed by atoms with Gasteiger partial charge in [-0.05, 0) is 52.1 Å². The van der Waals surface area contributed by atoms with E-state index in [0.717, 1.165) is 56.5 Å². The van der Waals surface area contributed by atoms with Gasteiger partial charge in [0.1, 0.15) is 0 Å². The van der Waals surface area contributed by atoms with Crippen molar-refractivity contribution in [1.82, 2.24) is 20.5 Å². The van der Waals surface area contributed by atoms with Gasteiger partial charge in [0.2, 0.25) is 0 Å². The molecule has 152 valence electrons. The second-order valence-corrected chi connectivity index (χ2v) is 10.8. The molecule has 0 aliphatic carbocycles. The third kappa shape index (κ3) is 6.43. The molecule has 7 nitrogen and oxygen atoms in total. The molecule has 0 saturated carbocycles. The third-order valence-corrected chi connectivity index (χ3v) is 7.77. The molecule has 27 heavy (non-hydrogen) atoms. The van der Waals surface area contributed by atoms with Gasteiger partial charge < -0.3 is 10.6 Å². The summed E-state index contributed by atoms with van der Waals surface area (Å²) in [4.78, 5) is 11.8. The first-order valence-corrected chi connectivity index (χ1v) is 12.5. The highest BCUT2D eigenvalue weighted by atomic mass is 32.2. The number of guanidine groups is 1. The number of likely N-dealkylation sites (tertiary alicyclic amines) is 1. The minimum Gasteiger partial charge on any atom is -0.357 e. The van der Waals surface area contributed by atoms with E-state index in [9.17, 15) is 8.42 Å². The number of aryl methyl sites for hydroxylation is 1. The Morgan fingerprint density at radius 2 is 2.15 bits per heavy atom. The molecule has 9 heteroatoms. The molecule has 0 aromatic carbocycles. The summed E-state index contributed by atoms with van der Waals surface area (Å²) in [6, 6.07) is -0.0174. The fraction of sp³-hybridized carbons (Fsp3) is 0.778. The lowest BCUT2D eigenvalue weighted by atomic mass is 9.97. The van der Waals surface area contributed by atoms with Gasteiger partial charge in [0, 0.05) is 31.1 Å². The van der Waals surface area contributed by atoms with E-state index in [-0.39, 0.29) is 17.5 Å². The number of sulfone groups is 1. The molecule has 0 bridgehead atoms. The summed E-state index contributed by atoms with van der Waals surface area (Å²) >= 11 is 1.72. The second kappa shape index (κ2) is 9.34. The van der Waals surface area contributed by atoms with Gasteiger partial charge in [-0.2, -0.15) is 0 Å². The van der Waals surface area contributed by atoms with Crippen molar-refractivity contribution >= 4 is 27.1 Å². The summed E-state index contributed by atoms with van der Waals surface area (Å²) in [5.74, 6) is 1.83. The van der Waals surface area contributed by atoms with Gasteiger partial charge in [-0.3, -0.25) is 9.89 Å². The molecule has 2 fully saturated rings. The SMILES string of the molecule is CCNC(=NCC1CCN(Cc2csc(C)n2)CC1)NC1CCS(=O)(=O)C1. The number of thiazole rings is 1. The van der Waals surface area contributed by atoms with Crippen LogP contribution in [0.2, 0.25) is 0 Å². The molecular weight excluding hydrogens is 382 g/mol. The minimum absolute atomic E-state index is 0.0174. The molecule has 1 aromatic rings. The van der Waals surface area contributed by atoms with E-state index >= 15 is 0 Å². The van der Waals surface area contributed by atoms with Crippen molar-refractivity contribution in [2.24, 2.45) is 10.9 Å². The molecule has 2 aliphatic heterocycles. The van der Waals surface area contributed by atoms with Gasteiger partial charge in [0.05, 0.1) is 22.2 Å². The fourth-order valence-corrected chi connectivity index (χ4v) is 5.96. The summed E-state index contributed by atoms with van der Waals surface area (Å²) < 4.78 is 23.3. The van der Waals surface area contributed by atoms with Crippen LogP contribution in [0.5, 0.6) is 0 Å². The topological polar surface area (TPSA) is 86.7 Å². The average Bonchev–Trinajstić information content (AvgIpc) is 3.19. The van der Waals surface area contributed by atoms with Gasteiger partial charge in [-0.1, -0.05) is 0 Å². The van der Waals surface area contributed by atoms with Crippen LogP contribution in [0.3, 0.4) is 0 Å². The van der Waals surface area contributed by atoms with Crippen molar-refractivity contribution in [2.45, 2.75) is 45.7 Å². The monoisotopic (exact) mass is 413 g/mol. The van der Waals surface area contributed by atoms with E-state index in [0.29, 0.717) is 12.3 Å². The van der Waals surface area contributed by atoms with Crippen LogP contribution < -0.4 is 10.6 Å². The number of aromatic nitrogens is 1. The Morgan fingerprint density at radius 3 is 2.74 bits per heavy atom. The molecule has 3 rings (SSSR count). The summed E-state index contributed by atoms with van der Waals surface area (Å²) in [7, 11) is -2.88. The lowest BCUT2D eigenvalue weighted by molar-refractivity contribution is 0.179. The molecule has 2 N–H and O–H groups in total. The highest BCUT2D eigenvalue weighted by Gasteiger charge is 2.28. The van der Waals surface area contributed by atoms with E-state index in [2.05, 4.69) is 32.8 Å². The molecule has 0 spiro atoms. The van der Waals surface area contributed by atoms with Crippen LogP contribution in [-0.2, 0) is 16.4 Å². The number of aliphatic imine (C=N–C) groups is 1. The van der Waals surface area contributed by atoms with Gasteiger partial charge >= 0.3 is 0 Å². The number of piperidine rings is 1. The largest absolute Gasteiger partial charge is 0.357 e. The quantitative estimate of drug-likeness (QED) is 0.542. The normalized spacial score (nSPS) is 24.2. The van der Waals surface area contributed by atoms with Gasteiger partial charge in [0.15, 0.2) is 15.8 Å². The Bertz CT molecular complexity index is 739. The molecule has 1 atom stereocenters. The van der Waals surface area contributed by atoms with Gasteiger partial charge in [0.25, 0.3) is 0 Å². The van der Waals surface area contributed by atoms with Crippen LogP contribution in [0.25, 0.3) is 0 Å². The fourth-order valence-electron chi connectivity index (χ4n) is 3.68. The number of nitrogens with one attached hydrogen (secondary N) is 2. The first kappa shape index (κ1) is 20.5. The van der Waals surface area contributed by atoms with Crippen LogP contribution in [0, 0.1) is 12.8 Å². The van der Waals surface area contributed by atoms with Crippen LogP contribution in [0.1, 0.15) is 36.9 Å². The van der Waals surface area contributed by atoms with E-state index in [1.54, 1.807) is 11.3 Å². The smallest absolute Gasteiger partial charge is 0.191 e. The van der Waals surface area contributed by atoms with Crippen molar-refractivity contribution in [3.63, 3.8) is 0 Å². The molecule has 0 amide bonds. The summed E-state index contributed by atoms with van der Waals surface area (Å²) in [5, 5.41) is 9.83. The molecule has 2 aliphatic rings. The maximum atomic E-state index is 11.6. The molecule has 1 unspecified atom stereocenters. The zero-order valence-electron chi connectivity index (χ0n) is 16.3. The first-order valence-electron chi connectivity index (χ1n) is 9.82. The molecule has 0 radical (unpaired) electrons. The average molecular weight is 414 g/mol. The van der Waals surface area contributed by atoms with Gasteiger partial charge in [-0.15, -0.1) is 11.3 Å². The van der Waals surface area contributed by atoms with Crippen LogP contribution in [0.15, 0.2) is 10.4 Å². The summed E-state index contributed by atoms with van der Waals surface area (Å²) in [6.45, 7) is 8.76. The first-order chi connectivity index (χ1) is 12.9. The molecule has 2 saturated heterocycles. The van der Waals surface area contributed by atoms with E-state index in [1.807, 2.05) is 6.92 Å². The zero-order chi connectivity index (χ0) is 19.3. The van der Waals surface area contributed by atoms with Crippen molar-refractivity contribution < 1.29 is 8.42 Å². The lowest BCUT2D eigenvalue weighted by Gasteiger charge is -2.30. The van der Waals surface area contributed by atoms with E-state index in [4.69, 9.17) is 4.99 Å². The zero-order valence-corrected chi connectivity index (χ0v) is 17.9. The highest BCUT2D eigenvalue weighted by Crippen LogP contribution is 2.20. The van der Waals surface area contributed by atoms with Crippen molar-refractivity contribution in [1.29, 1.82) is 0 Å². The minimum atomic E-state index is -2.88. The molecular formula is C18H31N5O2S2. The van der Waals surface area contributed by atoms with E-state index < -0.39 is 9.84 Å². The standard InChI is InChI=1S/C18H31N5O2S2/c1-3-19-18(22-16-6-9-27(24,25)13-16)20-10-15-4-7-23(8-5-15)11-17-12-26-14(2)21-17/h12,15-16H,3-11,13H2,1-2H3,(H2,19,20,22). The van der Waals surface area contributed by atoms with Crippen LogP contribution in [-0.4, -0.2) is 68.0 Å². The Labute approximate surface area is 166 Å². The Hall–Kier alpha value is -1.19. The number of hydrogen-bond donors (Lipinski definition) is 2. The lowest BCUT2D eigenvalue weighted by Crippen LogP contribution is -2.44. The highest BCUT2D eigenvalue weighted by molar-refractivity contribution is 7.91. The van der Waals surface area contributed by atoms with Gasteiger partial charge in [-0.25, -0.2) is 13.4 Å². The van der Waals surface area contributed by atoms with Crippen molar-refractivity contribution in [3.8, 4) is 0 Å². The Morgan fingerprint density at radius 1 is 1.37 bits per heavy atom. The Kier molecular flexibility index (Phi) is 7.10. The third-order valence-electron chi connectivity index (χ3n) is 5.18. The van der Waals surface area contributed by atoms with Crippen molar-refractivity contribution in [2.75, 3.05) is 37.7 Å². The maximum Gasteiger partial charge on any atom is 0.191 e.